The number of rotatable bonds is 9. The largest absolute Gasteiger partial charge is 0.283 e. The molecule has 0 spiro atoms. The third-order valence-corrected chi connectivity index (χ3v) is 7.35. The lowest BCUT2D eigenvalue weighted by atomic mass is 9.91. The van der Waals surface area contributed by atoms with Gasteiger partial charge in [-0.15, -0.1) is 0 Å². The maximum absolute atomic E-state index is 14.2. The minimum Gasteiger partial charge on any atom is -0.269 e. The van der Waals surface area contributed by atoms with Crippen LogP contribution in [0.4, 0.5) is 11.4 Å². The molecule has 0 aliphatic carbocycles. The van der Waals surface area contributed by atoms with E-state index in [1.807, 2.05) is 52.0 Å². The van der Waals surface area contributed by atoms with Crippen LogP contribution in [0.15, 0.2) is 71.7 Å². The number of aromatic nitrogens is 1. The fourth-order valence-corrected chi connectivity index (χ4v) is 5.03. The first-order valence-corrected chi connectivity index (χ1v) is 14.6. The van der Waals surface area contributed by atoms with Crippen molar-refractivity contribution in [1.29, 1.82) is 0 Å². The SMILES string of the molecule is C=C(C)C(=O)N(C(=O)c1cccc(C(Cl)=Nc2c(C(C)C)cccc2C(C)C)n1)c1c(C(C)C)cccc1C(C)C. The van der Waals surface area contributed by atoms with Crippen molar-refractivity contribution in [2.45, 2.75) is 86.0 Å². The molecule has 0 N–H and O–H groups in total. The van der Waals surface area contributed by atoms with Crippen molar-refractivity contribution >= 4 is 40.0 Å². The smallest absolute Gasteiger partial charge is 0.269 e. The van der Waals surface area contributed by atoms with Crippen LogP contribution >= 0.6 is 11.6 Å². The van der Waals surface area contributed by atoms with Gasteiger partial charge in [0, 0.05) is 5.57 Å². The molecule has 0 saturated heterocycles. The van der Waals surface area contributed by atoms with Gasteiger partial charge >= 0.3 is 0 Å². The first-order valence-electron chi connectivity index (χ1n) is 14.3. The quantitative estimate of drug-likeness (QED) is 0.190. The zero-order valence-electron chi connectivity index (χ0n) is 25.7. The van der Waals surface area contributed by atoms with E-state index >= 15 is 0 Å². The van der Waals surface area contributed by atoms with Gasteiger partial charge in [0.15, 0.2) is 5.17 Å². The zero-order chi connectivity index (χ0) is 30.6. The molecule has 0 unspecified atom stereocenters. The third-order valence-electron chi connectivity index (χ3n) is 7.07. The molecular formula is C35H42ClN3O2. The van der Waals surface area contributed by atoms with Gasteiger partial charge in [0.1, 0.15) is 11.4 Å². The van der Waals surface area contributed by atoms with Gasteiger partial charge in [-0.2, -0.15) is 0 Å². The molecule has 3 rings (SSSR count). The summed E-state index contributed by atoms with van der Waals surface area (Å²) in [6.07, 6.45) is 0. The summed E-state index contributed by atoms with van der Waals surface area (Å²) >= 11 is 6.80. The summed E-state index contributed by atoms with van der Waals surface area (Å²) in [5.74, 6) is -0.358. The van der Waals surface area contributed by atoms with E-state index < -0.39 is 11.8 Å². The third kappa shape index (κ3) is 7.02. The summed E-state index contributed by atoms with van der Waals surface area (Å²) in [7, 11) is 0. The number of carbonyl (C=O) groups is 2. The monoisotopic (exact) mass is 571 g/mol. The normalized spacial score (nSPS) is 12.0. The van der Waals surface area contributed by atoms with Crippen LogP contribution in [0, 0.1) is 0 Å². The number of benzene rings is 2. The van der Waals surface area contributed by atoms with E-state index in [0.717, 1.165) is 27.9 Å². The maximum atomic E-state index is 14.2. The number of nitrogens with zero attached hydrogens (tertiary/aromatic N) is 3. The predicted molar refractivity (Wildman–Crippen MR) is 172 cm³/mol. The highest BCUT2D eigenvalue weighted by Crippen LogP contribution is 2.38. The Morgan fingerprint density at radius 1 is 0.732 bits per heavy atom. The average molecular weight is 572 g/mol. The molecule has 6 heteroatoms. The van der Waals surface area contributed by atoms with Gasteiger partial charge in [0.05, 0.1) is 11.4 Å². The van der Waals surface area contributed by atoms with Gasteiger partial charge in [0.2, 0.25) is 0 Å². The molecule has 3 aromatic rings. The Hall–Kier alpha value is -3.57. The Balaban J connectivity index is 2.19. The van der Waals surface area contributed by atoms with E-state index in [1.165, 1.54) is 4.90 Å². The molecule has 0 fully saturated rings. The fraction of sp³-hybridized carbons (Fsp3) is 0.371. The number of hydrogen-bond donors (Lipinski definition) is 0. The van der Waals surface area contributed by atoms with Crippen molar-refractivity contribution in [3.63, 3.8) is 0 Å². The van der Waals surface area contributed by atoms with Crippen molar-refractivity contribution < 1.29 is 9.59 Å². The standard InChI is InChI=1S/C35H42ClN3O2/c1-20(2)25-14-11-15-26(21(3)4)31(25)38-33(36)29-18-13-19-30(37-29)35(41)39(34(40)24(9)10)32-27(22(5)6)16-12-17-28(32)23(7)8/h11-23H,9H2,1-8,10H3. The molecule has 41 heavy (non-hydrogen) atoms. The van der Waals surface area contributed by atoms with Crippen molar-refractivity contribution in [2.75, 3.05) is 4.90 Å². The molecule has 0 aliphatic rings. The number of pyridine rings is 1. The van der Waals surface area contributed by atoms with E-state index in [4.69, 9.17) is 16.6 Å². The van der Waals surface area contributed by atoms with Crippen LogP contribution in [-0.4, -0.2) is 22.0 Å². The van der Waals surface area contributed by atoms with Crippen LogP contribution in [0.5, 0.6) is 0 Å². The van der Waals surface area contributed by atoms with Crippen molar-refractivity contribution in [3.8, 4) is 0 Å². The number of amides is 2. The summed E-state index contributed by atoms with van der Waals surface area (Å²) < 4.78 is 0. The number of anilines is 1. The van der Waals surface area contributed by atoms with E-state index in [-0.39, 0.29) is 40.1 Å². The van der Waals surface area contributed by atoms with Crippen LogP contribution in [0.25, 0.3) is 0 Å². The molecule has 0 saturated carbocycles. The second-order valence-electron chi connectivity index (χ2n) is 11.7. The van der Waals surface area contributed by atoms with Gasteiger partial charge in [-0.05, 0) is 65.0 Å². The highest BCUT2D eigenvalue weighted by molar-refractivity contribution is 6.69. The highest BCUT2D eigenvalue weighted by Gasteiger charge is 2.31. The molecule has 0 aliphatic heterocycles. The number of hydrogen-bond acceptors (Lipinski definition) is 4. The van der Waals surface area contributed by atoms with E-state index in [9.17, 15) is 9.59 Å². The molecule has 2 amide bonds. The first kappa shape index (κ1) is 32.0. The van der Waals surface area contributed by atoms with Crippen molar-refractivity contribution in [3.05, 3.63) is 100 Å². The molecule has 1 aromatic heterocycles. The van der Waals surface area contributed by atoms with E-state index in [2.05, 4.69) is 51.4 Å². The summed E-state index contributed by atoms with van der Waals surface area (Å²) in [5, 5.41) is 0.179. The van der Waals surface area contributed by atoms with Crippen LogP contribution in [0.2, 0.25) is 0 Å². The van der Waals surface area contributed by atoms with Gasteiger partial charge in [0.25, 0.3) is 11.8 Å². The van der Waals surface area contributed by atoms with Gasteiger partial charge < -0.3 is 0 Å². The zero-order valence-corrected chi connectivity index (χ0v) is 26.5. The van der Waals surface area contributed by atoms with E-state index in [0.29, 0.717) is 11.4 Å². The second-order valence-corrected chi connectivity index (χ2v) is 12.1. The van der Waals surface area contributed by atoms with Crippen LogP contribution < -0.4 is 4.90 Å². The Morgan fingerprint density at radius 2 is 1.15 bits per heavy atom. The average Bonchev–Trinajstić information content (AvgIpc) is 2.92. The Kier molecular flexibility index (Phi) is 10.4. The van der Waals surface area contributed by atoms with Gasteiger partial charge in [-0.25, -0.2) is 14.9 Å². The molecule has 0 radical (unpaired) electrons. The first-order chi connectivity index (χ1) is 19.3. The molecule has 2 aromatic carbocycles. The van der Waals surface area contributed by atoms with Crippen LogP contribution in [0.1, 0.15) is 124 Å². The fourth-order valence-electron chi connectivity index (χ4n) is 4.84. The highest BCUT2D eigenvalue weighted by atomic mass is 35.5. The summed E-state index contributed by atoms with van der Waals surface area (Å²) in [4.78, 5) is 38.5. The lowest BCUT2D eigenvalue weighted by Gasteiger charge is -2.28. The maximum Gasteiger partial charge on any atom is 0.283 e. The molecule has 0 bridgehead atoms. The Bertz CT molecular complexity index is 1430. The minimum absolute atomic E-state index is 0.0778. The topological polar surface area (TPSA) is 62.6 Å². The Labute approximate surface area is 250 Å². The molecule has 1 heterocycles. The minimum atomic E-state index is -0.537. The lowest BCUT2D eigenvalue weighted by Crippen LogP contribution is -2.39. The lowest BCUT2D eigenvalue weighted by molar-refractivity contribution is -0.114. The summed E-state index contributed by atoms with van der Waals surface area (Å²) in [6.45, 7) is 22.2. The molecule has 216 valence electrons. The number of aliphatic imine (C=N–C) groups is 1. The van der Waals surface area contributed by atoms with Crippen LogP contribution in [0.3, 0.4) is 0 Å². The van der Waals surface area contributed by atoms with Gasteiger partial charge in [-0.1, -0.05) is 116 Å². The second kappa shape index (κ2) is 13.4. The van der Waals surface area contributed by atoms with E-state index in [1.54, 1.807) is 25.1 Å². The summed E-state index contributed by atoms with van der Waals surface area (Å²) in [5.41, 5.74) is 6.12. The number of imide groups is 1. The molecule has 5 nitrogen and oxygen atoms in total. The predicted octanol–water partition coefficient (Wildman–Crippen LogP) is 9.64. The summed E-state index contributed by atoms with van der Waals surface area (Å²) in [6, 6.07) is 17.1. The van der Waals surface area contributed by atoms with Crippen molar-refractivity contribution in [2.24, 2.45) is 4.99 Å². The number of halogens is 1. The Morgan fingerprint density at radius 3 is 1.59 bits per heavy atom. The van der Waals surface area contributed by atoms with Crippen molar-refractivity contribution in [1.82, 2.24) is 4.98 Å². The van der Waals surface area contributed by atoms with Gasteiger partial charge in [-0.3, -0.25) is 9.59 Å². The molecule has 0 atom stereocenters. The number of carbonyl (C=O) groups excluding carboxylic acids is 2. The van der Waals surface area contributed by atoms with Crippen LogP contribution in [-0.2, 0) is 4.79 Å². The number of para-hydroxylation sites is 2. The molecular weight excluding hydrogens is 530 g/mol.